The van der Waals surface area contributed by atoms with Gasteiger partial charge < -0.3 is 10.1 Å². The fraction of sp³-hybridized carbons (Fsp3) is 0.200. The number of ether oxygens (including phenoxy) is 1. The molecule has 0 aromatic heterocycles. The van der Waals surface area contributed by atoms with Crippen LogP contribution in [0, 0.1) is 0 Å². The Kier molecular flexibility index (Phi) is 5.05. The average Bonchev–Trinajstić information content (AvgIpc) is 2.32. The fourth-order valence-electron chi connectivity index (χ4n) is 1.02. The van der Waals surface area contributed by atoms with Gasteiger partial charge in [0.05, 0.1) is 27.7 Å². The van der Waals surface area contributed by atoms with Crippen molar-refractivity contribution in [3.63, 3.8) is 0 Å². The highest BCUT2D eigenvalue weighted by atomic mass is 35.5. The van der Waals surface area contributed by atoms with Gasteiger partial charge in [0.1, 0.15) is 6.54 Å². The Bertz CT molecular complexity index is 462. The number of amides is 1. The van der Waals surface area contributed by atoms with Crippen molar-refractivity contribution in [2.24, 2.45) is 0 Å². The van der Waals surface area contributed by atoms with E-state index in [9.17, 15) is 9.59 Å². The molecule has 17 heavy (non-hydrogen) atoms. The molecular formula is C10H8Cl3NO3. The number of esters is 1. The van der Waals surface area contributed by atoms with Gasteiger partial charge in [0.2, 0.25) is 0 Å². The number of rotatable bonds is 3. The summed E-state index contributed by atoms with van der Waals surface area (Å²) in [4.78, 5) is 22.5. The standard InChI is InChI=1S/C10H8Cl3NO3/c1-17-7(15)4-14-10(16)5-2-3-6(11)9(13)8(5)12/h2-3H,4H2,1H3,(H,14,16). The average molecular weight is 297 g/mol. The van der Waals surface area contributed by atoms with Crippen molar-refractivity contribution < 1.29 is 14.3 Å². The highest BCUT2D eigenvalue weighted by Crippen LogP contribution is 2.32. The zero-order chi connectivity index (χ0) is 13.0. The minimum absolute atomic E-state index is 0.0431. The summed E-state index contributed by atoms with van der Waals surface area (Å²) in [7, 11) is 1.22. The summed E-state index contributed by atoms with van der Waals surface area (Å²) in [6, 6.07) is 2.87. The van der Waals surface area contributed by atoms with Gasteiger partial charge in [0, 0.05) is 0 Å². The van der Waals surface area contributed by atoms with Crippen LogP contribution in [-0.2, 0) is 9.53 Å². The van der Waals surface area contributed by atoms with Gasteiger partial charge in [-0.05, 0) is 12.1 Å². The molecule has 1 rings (SSSR count). The first kappa shape index (κ1) is 14.1. The minimum atomic E-state index is -0.561. The molecule has 0 aliphatic rings. The first-order valence-electron chi connectivity index (χ1n) is 4.46. The van der Waals surface area contributed by atoms with Gasteiger partial charge in [-0.25, -0.2) is 0 Å². The molecule has 7 heteroatoms. The molecule has 0 heterocycles. The largest absolute Gasteiger partial charge is 0.468 e. The third-order valence-corrected chi connectivity index (χ3v) is 3.19. The third kappa shape index (κ3) is 3.49. The van der Waals surface area contributed by atoms with E-state index in [1.807, 2.05) is 0 Å². The molecule has 0 unspecified atom stereocenters. The highest BCUT2D eigenvalue weighted by Gasteiger charge is 2.15. The number of hydrogen-bond acceptors (Lipinski definition) is 3. The number of benzene rings is 1. The van der Waals surface area contributed by atoms with Gasteiger partial charge in [0.15, 0.2) is 0 Å². The quantitative estimate of drug-likeness (QED) is 0.689. The summed E-state index contributed by atoms with van der Waals surface area (Å²) >= 11 is 17.3. The van der Waals surface area contributed by atoms with Gasteiger partial charge in [-0.2, -0.15) is 0 Å². The molecule has 0 spiro atoms. The van der Waals surface area contributed by atoms with E-state index in [4.69, 9.17) is 34.8 Å². The second-order valence-corrected chi connectivity index (χ2v) is 4.14. The SMILES string of the molecule is COC(=O)CNC(=O)c1ccc(Cl)c(Cl)c1Cl. The van der Waals surface area contributed by atoms with Crippen molar-refractivity contribution in [3.05, 3.63) is 32.8 Å². The third-order valence-electron chi connectivity index (χ3n) is 1.90. The van der Waals surface area contributed by atoms with Crippen LogP contribution in [0.5, 0.6) is 0 Å². The number of halogens is 3. The monoisotopic (exact) mass is 295 g/mol. The molecule has 1 amide bonds. The summed E-state index contributed by atoms with van der Waals surface area (Å²) in [6.07, 6.45) is 0. The summed E-state index contributed by atoms with van der Waals surface area (Å²) in [6.45, 7) is -0.244. The van der Waals surface area contributed by atoms with Gasteiger partial charge in [-0.3, -0.25) is 9.59 Å². The normalized spacial score (nSPS) is 9.88. The Morgan fingerprint density at radius 1 is 1.24 bits per heavy atom. The van der Waals surface area contributed by atoms with E-state index in [1.54, 1.807) is 0 Å². The minimum Gasteiger partial charge on any atom is -0.468 e. The lowest BCUT2D eigenvalue weighted by Gasteiger charge is -2.07. The van der Waals surface area contributed by atoms with Crippen molar-refractivity contribution >= 4 is 46.7 Å². The Morgan fingerprint density at radius 3 is 2.47 bits per heavy atom. The molecule has 0 saturated heterocycles. The van der Waals surface area contributed by atoms with Crippen molar-refractivity contribution in [1.82, 2.24) is 5.32 Å². The molecule has 0 radical (unpaired) electrons. The lowest BCUT2D eigenvalue weighted by atomic mass is 10.2. The van der Waals surface area contributed by atoms with Crippen LogP contribution in [0.25, 0.3) is 0 Å². The van der Waals surface area contributed by atoms with Crippen LogP contribution < -0.4 is 5.32 Å². The van der Waals surface area contributed by atoms with Crippen LogP contribution in [0.1, 0.15) is 10.4 Å². The van der Waals surface area contributed by atoms with Crippen LogP contribution >= 0.6 is 34.8 Å². The van der Waals surface area contributed by atoms with Crippen molar-refractivity contribution in [1.29, 1.82) is 0 Å². The van der Waals surface area contributed by atoms with E-state index in [0.29, 0.717) is 0 Å². The van der Waals surface area contributed by atoms with Gasteiger partial charge >= 0.3 is 5.97 Å². The molecule has 1 aromatic rings. The summed E-state index contributed by atoms with van der Waals surface area (Å²) in [5, 5.41) is 2.73. The maximum Gasteiger partial charge on any atom is 0.325 e. The molecule has 0 atom stereocenters. The molecule has 4 nitrogen and oxygen atoms in total. The molecule has 92 valence electrons. The molecule has 0 fully saturated rings. The van der Waals surface area contributed by atoms with Crippen LogP contribution in [0.15, 0.2) is 12.1 Å². The molecule has 1 aromatic carbocycles. The Hall–Kier alpha value is -0.970. The molecule has 1 N–H and O–H groups in total. The number of nitrogens with one attached hydrogen (secondary N) is 1. The maximum atomic E-state index is 11.6. The van der Waals surface area contributed by atoms with Crippen molar-refractivity contribution in [3.8, 4) is 0 Å². The predicted octanol–water partition coefficient (Wildman–Crippen LogP) is 2.55. The van der Waals surface area contributed by atoms with E-state index in [2.05, 4.69) is 10.1 Å². The molecular weight excluding hydrogens is 288 g/mol. The molecule has 0 aliphatic carbocycles. The van der Waals surface area contributed by atoms with E-state index >= 15 is 0 Å². The molecule has 0 aliphatic heterocycles. The van der Waals surface area contributed by atoms with E-state index in [0.717, 1.165) is 0 Å². The van der Waals surface area contributed by atoms with Crippen LogP contribution in [-0.4, -0.2) is 25.5 Å². The molecule has 0 bridgehead atoms. The summed E-state index contributed by atoms with van der Waals surface area (Å²) in [5.41, 5.74) is 0.143. The van der Waals surface area contributed by atoms with E-state index in [1.165, 1.54) is 19.2 Å². The first-order valence-corrected chi connectivity index (χ1v) is 5.59. The maximum absolute atomic E-state index is 11.6. The smallest absolute Gasteiger partial charge is 0.325 e. The Balaban J connectivity index is 2.83. The lowest BCUT2D eigenvalue weighted by Crippen LogP contribution is -2.30. The summed E-state index contributed by atoms with van der Waals surface area (Å²) in [5.74, 6) is -1.09. The topological polar surface area (TPSA) is 55.4 Å². The number of carbonyl (C=O) groups excluding carboxylic acids is 2. The zero-order valence-electron chi connectivity index (χ0n) is 8.72. The number of hydrogen-bond donors (Lipinski definition) is 1. The summed E-state index contributed by atoms with van der Waals surface area (Å²) < 4.78 is 4.38. The van der Waals surface area contributed by atoms with Gasteiger partial charge in [-0.1, -0.05) is 34.8 Å². The Morgan fingerprint density at radius 2 is 1.88 bits per heavy atom. The van der Waals surface area contributed by atoms with Crippen LogP contribution in [0.2, 0.25) is 15.1 Å². The molecule has 0 saturated carbocycles. The Labute approximate surface area is 113 Å². The van der Waals surface area contributed by atoms with E-state index < -0.39 is 11.9 Å². The van der Waals surface area contributed by atoms with Crippen molar-refractivity contribution in [2.45, 2.75) is 0 Å². The van der Waals surface area contributed by atoms with Crippen LogP contribution in [0.3, 0.4) is 0 Å². The van der Waals surface area contributed by atoms with Gasteiger partial charge in [0.25, 0.3) is 5.91 Å². The fourth-order valence-corrected chi connectivity index (χ4v) is 1.64. The lowest BCUT2D eigenvalue weighted by molar-refractivity contribution is -0.139. The van der Waals surface area contributed by atoms with E-state index in [-0.39, 0.29) is 27.2 Å². The first-order chi connectivity index (χ1) is 7.97. The predicted molar refractivity (Wildman–Crippen MR) is 65.8 cm³/mol. The second-order valence-electron chi connectivity index (χ2n) is 2.98. The highest BCUT2D eigenvalue weighted by molar-refractivity contribution is 6.49. The number of carbonyl (C=O) groups is 2. The van der Waals surface area contributed by atoms with Crippen molar-refractivity contribution in [2.75, 3.05) is 13.7 Å². The van der Waals surface area contributed by atoms with Crippen LogP contribution in [0.4, 0.5) is 0 Å². The second kappa shape index (κ2) is 6.10. The van der Waals surface area contributed by atoms with Gasteiger partial charge in [-0.15, -0.1) is 0 Å². The zero-order valence-corrected chi connectivity index (χ0v) is 11.0. The number of methoxy groups -OCH3 is 1.